The summed E-state index contributed by atoms with van der Waals surface area (Å²) in [6, 6.07) is 15.3. The molecule has 1 heterocycles. The molecule has 0 bridgehead atoms. The number of likely N-dealkylation sites (tertiary alicyclic amines) is 1. The number of nitrogens with one attached hydrogen (secondary N) is 1. The first kappa shape index (κ1) is 21.9. The number of rotatable bonds is 5. The van der Waals surface area contributed by atoms with Crippen LogP contribution in [0.1, 0.15) is 37.8 Å². The van der Waals surface area contributed by atoms with Gasteiger partial charge in [0.2, 0.25) is 5.91 Å². The van der Waals surface area contributed by atoms with Gasteiger partial charge in [0, 0.05) is 19.0 Å². The highest BCUT2D eigenvalue weighted by atomic mass is 16.5. The highest BCUT2D eigenvalue weighted by molar-refractivity contribution is 5.87. The number of aliphatic carboxylic acids is 1. The van der Waals surface area contributed by atoms with Crippen molar-refractivity contribution in [3.05, 3.63) is 59.7 Å². The van der Waals surface area contributed by atoms with Crippen LogP contribution in [0.15, 0.2) is 48.5 Å². The van der Waals surface area contributed by atoms with E-state index in [0.29, 0.717) is 6.54 Å². The second kappa shape index (κ2) is 8.30. The third kappa shape index (κ3) is 3.72. The first-order chi connectivity index (χ1) is 15.2. The van der Waals surface area contributed by atoms with Crippen molar-refractivity contribution in [3.63, 3.8) is 0 Å². The van der Waals surface area contributed by atoms with E-state index in [2.05, 4.69) is 17.4 Å². The molecule has 7 nitrogen and oxygen atoms in total. The second-order valence-electron chi connectivity index (χ2n) is 9.03. The Labute approximate surface area is 187 Å². The molecule has 4 rings (SSSR count). The van der Waals surface area contributed by atoms with Gasteiger partial charge in [-0.1, -0.05) is 55.5 Å². The largest absolute Gasteiger partial charge is 0.481 e. The van der Waals surface area contributed by atoms with E-state index in [0.717, 1.165) is 22.3 Å². The molecule has 1 aliphatic carbocycles. The van der Waals surface area contributed by atoms with Crippen LogP contribution in [0.4, 0.5) is 4.79 Å². The van der Waals surface area contributed by atoms with Gasteiger partial charge in [0.15, 0.2) is 0 Å². The van der Waals surface area contributed by atoms with Gasteiger partial charge in [-0.05, 0) is 42.0 Å². The molecule has 7 heteroatoms. The predicted molar refractivity (Wildman–Crippen MR) is 119 cm³/mol. The van der Waals surface area contributed by atoms with Crippen molar-refractivity contribution in [2.45, 2.75) is 32.7 Å². The van der Waals surface area contributed by atoms with Crippen LogP contribution >= 0.6 is 0 Å². The second-order valence-corrected chi connectivity index (χ2v) is 9.03. The molecular formula is C25H28N2O5. The Bertz CT molecular complexity index is 1020. The lowest BCUT2D eigenvalue weighted by molar-refractivity contribution is -0.149. The number of nitrogens with zero attached hydrogens (tertiary/aromatic N) is 1. The smallest absolute Gasteiger partial charge is 0.407 e. The van der Waals surface area contributed by atoms with Crippen molar-refractivity contribution >= 4 is 18.0 Å². The Morgan fingerprint density at radius 3 is 2.22 bits per heavy atom. The summed E-state index contributed by atoms with van der Waals surface area (Å²) in [6.45, 7) is 5.70. The van der Waals surface area contributed by atoms with E-state index in [-0.39, 0.29) is 30.9 Å². The fourth-order valence-corrected chi connectivity index (χ4v) is 4.75. The standard InChI is InChI=1S/C25H28N2O5/c1-15-12-27(14-25(15,3)23(29)30)22(28)16(2)26-24(31)32-13-21-19-10-6-4-8-17(19)18-9-5-7-11-20(18)21/h4-11,15-16,21H,12-14H2,1-3H3,(H,26,31)(H,29,30)/t15-,16-,25-/m1/s1. The van der Waals surface area contributed by atoms with Crippen molar-refractivity contribution < 1.29 is 24.2 Å². The van der Waals surface area contributed by atoms with Gasteiger partial charge < -0.3 is 20.1 Å². The summed E-state index contributed by atoms with van der Waals surface area (Å²) in [7, 11) is 0. The summed E-state index contributed by atoms with van der Waals surface area (Å²) in [4.78, 5) is 38.4. The maximum Gasteiger partial charge on any atom is 0.407 e. The molecule has 0 radical (unpaired) electrons. The van der Waals surface area contributed by atoms with Crippen LogP contribution in [0.25, 0.3) is 11.1 Å². The Morgan fingerprint density at radius 1 is 1.12 bits per heavy atom. The number of carboxylic acids is 1. The number of carbonyl (C=O) groups excluding carboxylic acids is 2. The molecule has 3 atom stereocenters. The van der Waals surface area contributed by atoms with Gasteiger partial charge in [-0.2, -0.15) is 0 Å². The van der Waals surface area contributed by atoms with Gasteiger partial charge in [-0.25, -0.2) is 4.79 Å². The minimum absolute atomic E-state index is 0.0603. The van der Waals surface area contributed by atoms with Crippen molar-refractivity contribution in [2.24, 2.45) is 11.3 Å². The molecule has 168 valence electrons. The van der Waals surface area contributed by atoms with Crippen molar-refractivity contribution in [1.82, 2.24) is 10.2 Å². The lowest BCUT2D eigenvalue weighted by Crippen LogP contribution is -2.47. The number of fused-ring (bicyclic) bond motifs is 3. The molecule has 0 aromatic heterocycles. The highest BCUT2D eigenvalue weighted by Crippen LogP contribution is 2.44. The molecule has 1 saturated heterocycles. The van der Waals surface area contributed by atoms with Crippen molar-refractivity contribution in [2.75, 3.05) is 19.7 Å². The van der Waals surface area contributed by atoms with Crippen LogP contribution in [-0.2, 0) is 14.3 Å². The quantitative estimate of drug-likeness (QED) is 0.748. The zero-order chi connectivity index (χ0) is 23.0. The zero-order valence-electron chi connectivity index (χ0n) is 18.5. The average molecular weight is 437 g/mol. The number of carboxylic acid groups (broad SMARTS) is 1. The third-order valence-corrected chi connectivity index (χ3v) is 6.95. The highest BCUT2D eigenvalue weighted by Gasteiger charge is 2.48. The van der Waals surface area contributed by atoms with Crippen LogP contribution in [0, 0.1) is 11.3 Å². The van der Waals surface area contributed by atoms with Gasteiger partial charge in [-0.15, -0.1) is 0 Å². The normalized spacial score (nSPS) is 22.7. The summed E-state index contributed by atoms with van der Waals surface area (Å²) < 4.78 is 5.51. The van der Waals surface area contributed by atoms with Crippen LogP contribution in [0.3, 0.4) is 0 Å². The molecule has 1 fully saturated rings. The molecule has 1 aliphatic heterocycles. The number of amides is 2. The van der Waals surface area contributed by atoms with Crippen LogP contribution in [0.2, 0.25) is 0 Å². The molecule has 2 aromatic rings. The van der Waals surface area contributed by atoms with E-state index in [1.165, 1.54) is 4.90 Å². The lowest BCUT2D eigenvalue weighted by atomic mass is 9.81. The first-order valence-corrected chi connectivity index (χ1v) is 10.9. The summed E-state index contributed by atoms with van der Waals surface area (Å²) in [5, 5.41) is 12.1. The SMILES string of the molecule is C[C@@H]1CN(C(=O)[C@@H](C)NC(=O)OCC2c3ccccc3-c3ccccc32)C[C@@]1(C)C(=O)O. The molecular weight excluding hydrogens is 408 g/mol. The molecule has 2 N–H and O–H groups in total. The van der Waals surface area contributed by atoms with Gasteiger partial charge in [-0.3, -0.25) is 9.59 Å². The predicted octanol–water partition coefficient (Wildman–Crippen LogP) is 3.48. The number of alkyl carbamates (subject to hydrolysis) is 1. The van der Waals surface area contributed by atoms with E-state index < -0.39 is 23.5 Å². The number of carbonyl (C=O) groups is 3. The third-order valence-electron chi connectivity index (χ3n) is 6.95. The summed E-state index contributed by atoms with van der Waals surface area (Å²) in [6.07, 6.45) is -0.666. The molecule has 2 amide bonds. The Kier molecular flexibility index (Phi) is 5.67. The molecule has 32 heavy (non-hydrogen) atoms. The minimum Gasteiger partial charge on any atom is -0.481 e. The Hall–Kier alpha value is -3.35. The van der Waals surface area contributed by atoms with Crippen molar-refractivity contribution in [1.29, 1.82) is 0 Å². The fourth-order valence-electron chi connectivity index (χ4n) is 4.75. The number of hydrogen-bond acceptors (Lipinski definition) is 4. The first-order valence-electron chi connectivity index (χ1n) is 10.9. The molecule has 0 unspecified atom stereocenters. The van der Waals surface area contributed by atoms with Gasteiger partial charge in [0.25, 0.3) is 0 Å². The van der Waals surface area contributed by atoms with E-state index in [9.17, 15) is 19.5 Å². The minimum atomic E-state index is -0.987. The summed E-state index contributed by atoms with van der Waals surface area (Å²) >= 11 is 0. The lowest BCUT2D eigenvalue weighted by Gasteiger charge is -2.24. The van der Waals surface area contributed by atoms with Crippen LogP contribution in [-0.4, -0.2) is 53.7 Å². The number of benzene rings is 2. The van der Waals surface area contributed by atoms with E-state index >= 15 is 0 Å². The zero-order valence-corrected chi connectivity index (χ0v) is 18.5. The molecule has 0 saturated carbocycles. The monoisotopic (exact) mass is 436 g/mol. The van der Waals surface area contributed by atoms with Gasteiger partial charge in [0.1, 0.15) is 12.6 Å². The molecule has 2 aromatic carbocycles. The maximum atomic E-state index is 12.8. The Balaban J connectivity index is 1.37. The van der Waals surface area contributed by atoms with Crippen LogP contribution < -0.4 is 5.32 Å². The van der Waals surface area contributed by atoms with E-state index in [4.69, 9.17) is 4.74 Å². The topological polar surface area (TPSA) is 95.9 Å². The van der Waals surface area contributed by atoms with E-state index in [1.54, 1.807) is 13.8 Å². The average Bonchev–Trinajstić information content (AvgIpc) is 3.27. The van der Waals surface area contributed by atoms with Crippen LogP contribution in [0.5, 0.6) is 0 Å². The number of ether oxygens (including phenoxy) is 1. The fraction of sp³-hybridized carbons (Fsp3) is 0.400. The molecule has 2 aliphatic rings. The van der Waals surface area contributed by atoms with Crippen molar-refractivity contribution in [3.8, 4) is 11.1 Å². The summed E-state index contributed by atoms with van der Waals surface area (Å²) in [5.41, 5.74) is 3.53. The van der Waals surface area contributed by atoms with E-state index in [1.807, 2.05) is 43.3 Å². The summed E-state index contributed by atoms with van der Waals surface area (Å²) in [5.74, 6) is -1.46. The van der Waals surface area contributed by atoms with Gasteiger partial charge in [0.05, 0.1) is 5.41 Å². The van der Waals surface area contributed by atoms with Gasteiger partial charge >= 0.3 is 12.1 Å². The molecule has 0 spiro atoms. The Morgan fingerprint density at radius 2 is 1.69 bits per heavy atom. The maximum absolute atomic E-state index is 12.8. The number of hydrogen-bond donors (Lipinski definition) is 2.